The van der Waals surface area contributed by atoms with Crippen LogP contribution in [0.4, 0.5) is 28.4 Å². The van der Waals surface area contributed by atoms with E-state index in [4.69, 9.17) is 8.83 Å². The molecule has 0 unspecified atom stereocenters. The van der Waals surface area contributed by atoms with Gasteiger partial charge in [-0.25, -0.2) is 0 Å². The Morgan fingerprint density at radius 2 is 1.15 bits per heavy atom. The molecule has 0 saturated heterocycles. The molecule has 0 saturated carbocycles. The number of thiophene rings is 1. The summed E-state index contributed by atoms with van der Waals surface area (Å²) in [4.78, 5) is 2.29. The van der Waals surface area contributed by atoms with Gasteiger partial charge in [0.15, 0.2) is 11.5 Å². The van der Waals surface area contributed by atoms with Gasteiger partial charge in [-0.3, -0.25) is 0 Å². The van der Waals surface area contributed by atoms with Crippen LogP contribution >= 0.6 is 11.3 Å². The molecule has 0 spiro atoms. The molecule has 3 aromatic heterocycles. The van der Waals surface area contributed by atoms with E-state index >= 15 is 0 Å². The summed E-state index contributed by atoms with van der Waals surface area (Å²) in [7, 11) is 0. The van der Waals surface area contributed by atoms with Crippen LogP contribution in [0.15, 0.2) is 99.8 Å². The van der Waals surface area contributed by atoms with Gasteiger partial charge in [0.1, 0.15) is 11.2 Å². The molecule has 2 N–H and O–H groups in total. The highest BCUT2D eigenvalue weighted by Crippen LogP contribution is 2.44. The van der Waals surface area contributed by atoms with Crippen molar-refractivity contribution in [3.8, 4) is 0 Å². The summed E-state index contributed by atoms with van der Waals surface area (Å²) < 4.78 is 15.2. The standard InChI is InChI=1S/C34H23N3O2S/c1-2-8-31-23(5-1)26-17-20(11-14-32(26)40-31)37(21-9-12-24-29(18-21)38-27-6-3-15-35-33(24)27)22-10-13-25-30(19-22)39-28-7-4-16-36-34(25)28/h1-14,17-19,35-36H,15-16H2. The van der Waals surface area contributed by atoms with Gasteiger partial charge < -0.3 is 24.4 Å². The van der Waals surface area contributed by atoms with Gasteiger partial charge >= 0.3 is 0 Å². The van der Waals surface area contributed by atoms with Crippen molar-refractivity contribution in [2.75, 3.05) is 28.6 Å². The van der Waals surface area contributed by atoms with Crippen LogP contribution in [0.3, 0.4) is 0 Å². The molecular formula is C34H23N3O2S. The number of anilines is 5. The summed E-state index contributed by atoms with van der Waals surface area (Å²) in [5.41, 5.74) is 6.97. The summed E-state index contributed by atoms with van der Waals surface area (Å²) in [6, 6.07) is 28.3. The fourth-order valence-electron chi connectivity index (χ4n) is 6.04. The molecule has 0 fully saturated rings. The molecule has 9 rings (SSSR count). The average molecular weight is 538 g/mol. The molecule has 7 aromatic rings. The topological polar surface area (TPSA) is 53.6 Å². The minimum Gasteiger partial charge on any atom is -0.454 e. The lowest BCUT2D eigenvalue weighted by atomic mass is 10.1. The Bertz CT molecular complexity index is 2100. The van der Waals surface area contributed by atoms with E-state index in [9.17, 15) is 0 Å². The zero-order chi connectivity index (χ0) is 26.2. The van der Waals surface area contributed by atoms with E-state index in [1.807, 2.05) is 23.5 Å². The summed E-state index contributed by atoms with van der Waals surface area (Å²) in [6.07, 6.45) is 8.27. The molecule has 5 heterocycles. The van der Waals surface area contributed by atoms with E-state index in [-0.39, 0.29) is 0 Å². The SMILES string of the molecule is C1=Cc2oc3cc(N(c4ccc5c6c(oc5c4)C=CCN6)c4ccc5sc6ccccc6c5c4)ccc3c2NC1. The van der Waals surface area contributed by atoms with Crippen LogP contribution in [-0.2, 0) is 0 Å². The molecule has 0 aliphatic carbocycles. The van der Waals surface area contributed by atoms with E-state index in [0.717, 1.165) is 75.0 Å². The summed E-state index contributed by atoms with van der Waals surface area (Å²) in [6.45, 7) is 1.61. The first-order valence-electron chi connectivity index (χ1n) is 13.5. The number of nitrogens with one attached hydrogen (secondary N) is 2. The Morgan fingerprint density at radius 3 is 1.82 bits per heavy atom. The van der Waals surface area contributed by atoms with Gasteiger partial charge in [0, 0.05) is 73.2 Å². The number of hydrogen-bond acceptors (Lipinski definition) is 6. The zero-order valence-electron chi connectivity index (χ0n) is 21.4. The van der Waals surface area contributed by atoms with E-state index in [1.54, 1.807) is 0 Å². The second kappa shape index (κ2) is 8.28. The van der Waals surface area contributed by atoms with E-state index in [2.05, 4.69) is 107 Å². The minimum absolute atomic E-state index is 0.807. The maximum atomic E-state index is 6.29. The first-order chi connectivity index (χ1) is 19.8. The van der Waals surface area contributed by atoms with Crippen molar-refractivity contribution in [3.05, 3.63) is 103 Å². The molecule has 2 aliphatic heterocycles. The Kier molecular flexibility index (Phi) is 4.54. The molecule has 2 aliphatic rings. The summed E-state index contributed by atoms with van der Waals surface area (Å²) in [5, 5.41) is 11.6. The van der Waals surface area contributed by atoms with Gasteiger partial charge in [-0.15, -0.1) is 11.3 Å². The van der Waals surface area contributed by atoms with Crippen molar-refractivity contribution in [2.45, 2.75) is 0 Å². The fourth-order valence-corrected chi connectivity index (χ4v) is 7.13. The second-order valence-electron chi connectivity index (χ2n) is 10.2. The fraction of sp³-hybridized carbons (Fsp3) is 0.0588. The van der Waals surface area contributed by atoms with Gasteiger partial charge in [-0.2, -0.15) is 0 Å². The number of hydrogen-bond donors (Lipinski definition) is 2. The molecule has 0 radical (unpaired) electrons. The third-order valence-corrected chi connectivity index (χ3v) is 9.02. The van der Waals surface area contributed by atoms with Crippen LogP contribution < -0.4 is 15.5 Å². The minimum atomic E-state index is 0.807. The Balaban J connectivity index is 1.27. The number of nitrogens with zero attached hydrogens (tertiary/aromatic N) is 1. The molecule has 4 aromatic carbocycles. The average Bonchev–Trinajstić information content (AvgIpc) is 3.67. The maximum Gasteiger partial charge on any atom is 0.151 e. The molecule has 6 heteroatoms. The lowest BCUT2D eigenvalue weighted by molar-refractivity contribution is 0.604. The summed E-state index contributed by atoms with van der Waals surface area (Å²) >= 11 is 1.83. The van der Waals surface area contributed by atoms with Crippen molar-refractivity contribution in [2.24, 2.45) is 0 Å². The van der Waals surface area contributed by atoms with Crippen LogP contribution in [-0.4, -0.2) is 13.1 Å². The third-order valence-electron chi connectivity index (χ3n) is 7.87. The third kappa shape index (κ3) is 3.20. The molecule has 0 amide bonds. The molecule has 5 nitrogen and oxygen atoms in total. The van der Waals surface area contributed by atoms with Gasteiger partial charge in [0.25, 0.3) is 0 Å². The lowest BCUT2D eigenvalue weighted by Crippen LogP contribution is -2.09. The summed E-state index contributed by atoms with van der Waals surface area (Å²) in [5.74, 6) is 1.75. The highest BCUT2D eigenvalue weighted by molar-refractivity contribution is 7.25. The van der Waals surface area contributed by atoms with Gasteiger partial charge in [0.2, 0.25) is 0 Å². The van der Waals surface area contributed by atoms with Crippen molar-refractivity contribution >= 4 is 94.0 Å². The van der Waals surface area contributed by atoms with E-state index in [1.165, 1.54) is 20.2 Å². The maximum absolute atomic E-state index is 6.29. The largest absolute Gasteiger partial charge is 0.454 e. The van der Waals surface area contributed by atoms with Crippen molar-refractivity contribution in [1.82, 2.24) is 0 Å². The van der Waals surface area contributed by atoms with Crippen LogP contribution in [0.25, 0.3) is 54.3 Å². The van der Waals surface area contributed by atoms with Gasteiger partial charge in [-0.05, 0) is 60.7 Å². The van der Waals surface area contributed by atoms with Crippen LogP contribution in [0.1, 0.15) is 11.5 Å². The molecule has 0 atom stereocenters. The van der Waals surface area contributed by atoms with Crippen molar-refractivity contribution in [1.29, 1.82) is 0 Å². The molecule has 192 valence electrons. The van der Waals surface area contributed by atoms with E-state index < -0.39 is 0 Å². The predicted molar refractivity (Wildman–Crippen MR) is 169 cm³/mol. The number of rotatable bonds is 3. The number of benzene rings is 4. The van der Waals surface area contributed by atoms with Crippen molar-refractivity contribution in [3.63, 3.8) is 0 Å². The van der Waals surface area contributed by atoms with Gasteiger partial charge in [-0.1, -0.05) is 30.4 Å². The lowest BCUT2D eigenvalue weighted by Gasteiger charge is -2.25. The Morgan fingerprint density at radius 1 is 0.575 bits per heavy atom. The van der Waals surface area contributed by atoms with Crippen molar-refractivity contribution < 1.29 is 8.83 Å². The number of fused-ring (bicyclic) bond motifs is 9. The highest BCUT2D eigenvalue weighted by atomic mass is 32.1. The van der Waals surface area contributed by atoms with Crippen LogP contribution in [0.5, 0.6) is 0 Å². The molecule has 40 heavy (non-hydrogen) atoms. The van der Waals surface area contributed by atoms with Crippen LogP contribution in [0.2, 0.25) is 0 Å². The highest BCUT2D eigenvalue weighted by Gasteiger charge is 2.21. The first-order valence-corrected chi connectivity index (χ1v) is 14.3. The zero-order valence-corrected chi connectivity index (χ0v) is 22.2. The number of furan rings is 2. The van der Waals surface area contributed by atoms with E-state index in [0.29, 0.717) is 0 Å². The molecule has 0 bridgehead atoms. The smallest absolute Gasteiger partial charge is 0.151 e. The van der Waals surface area contributed by atoms with Gasteiger partial charge in [0.05, 0.1) is 11.4 Å². The normalized spacial score (nSPS) is 14.0. The monoisotopic (exact) mass is 537 g/mol. The predicted octanol–water partition coefficient (Wildman–Crippen LogP) is 9.89. The first kappa shape index (κ1) is 21.9. The Hall–Kier alpha value is -4.94. The Labute approximate surface area is 233 Å². The quantitative estimate of drug-likeness (QED) is 0.235. The second-order valence-corrected chi connectivity index (χ2v) is 11.3. The van der Waals surface area contributed by atoms with Crippen LogP contribution in [0, 0.1) is 0 Å². The molecular weight excluding hydrogens is 514 g/mol.